The highest BCUT2D eigenvalue weighted by Crippen LogP contribution is 2.23. The van der Waals surface area contributed by atoms with Crippen molar-refractivity contribution in [1.29, 1.82) is 0 Å². The zero-order chi connectivity index (χ0) is 15.8. The normalized spacial score (nSPS) is 11.2. The minimum absolute atomic E-state index is 0.142. The highest BCUT2D eigenvalue weighted by molar-refractivity contribution is 7.20. The summed E-state index contributed by atoms with van der Waals surface area (Å²) in [5.41, 5.74) is 2.78. The standard InChI is InChI=1S/C17H14N4OS/c1-2-11-7-9-12(10-8-11)18-16-20-21-15(22)13-5-3-4-6-14(13)19-17(21)23-16/h3-10H,2H2,1H3,(H,18,20). The Morgan fingerprint density at radius 2 is 1.91 bits per heavy atom. The maximum Gasteiger partial charge on any atom is 0.283 e. The molecule has 0 bridgehead atoms. The zero-order valence-electron chi connectivity index (χ0n) is 12.5. The number of benzene rings is 2. The molecule has 23 heavy (non-hydrogen) atoms. The molecule has 2 aromatic heterocycles. The predicted octanol–water partition coefficient (Wildman–Crippen LogP) is 3.61. The van der Waals surface area contributed by atoms with E-state index in [4.69, 9.17) is 0 Å². The molecule has 5 nitrogen and oxygen atoms in total. The third-order valence-corrected chi connectivity index (χ3v) is 4.54. The molecule has 4 rings (SSSR count). The molecule has 0 spiro atoms. The third-order valence-electron chi connectivity index (χ3n) is 3.72. The molecule has 4 aromatic rings. The van der Waals surface area contributed by atoms with Crippen LogP contribution in [0.25, 0.3) is 15.9 Å². The number of aromatic nitrogens is 3. The van der Waals surface area contributed by atoms with Crippen LogP contribution in [-0.2, 0) is 6.42 Å². The van der Waals surface area contributed by atoms with Crippen molar-refractivity contribution in [2.45, 2.75) is 13.3 Å². The van der Waals surface area contributed by atoms with Gasteiger partial charge in [-0.15, -0.1) is 5.10 Å². The second-order valence-corrected chi connectivity index (χ2v) is 6.17. The molecule has 2 heterocycles. The van der Waals surface area contributed by atoms with Gasteiger partial charge in [0.25, 0.3) is 5.56 Å². The smallest absolute Gasteiger partial charge is 0.283 e. The van der Waals surface area contributed by atoms with Crippen molar-refractivity contribution in [2.75, 3.05) is 5.32 Å². The number of anilines is 2. The van der Waals surface area contributed by atoms with Gasteiger partial charge in [0.15, 0.2) is 0 Å². The van der Waals surface area contributed by atoms with Gasteiger partial charge in [0.05, 0.1) is 10.9 Å². The van der Waals surface area contributed by atoms with E-state index >= 15 is 0 Å². The van der Waals surface area contributed by atoms with E-state index in [0.29, 0.717) is 21.0 Å². The largest absolute Gasteiger partial charge is 0.330 e. The molecule has 0 radical (unpaired) electrons. The molecule has 0 amide bonds. The zero-order valence-corrected chi connectivity index (χ0v) is 13.3. The Kier molecular flexibility index (Phi) is 3.31. The topological polar surface area (TPSA) is 59.3 Å². The van der Waals surface area contributed by atoms with Crippen molar-refractivity contribution in [3.63, 3.8) is 0 Å². The average Bonchev–Trinajstić information content (AvgIpc) is 2.98. The SMILES string of the molecule is CCc1ccc(Nc2nn3c(=O)c4ccccc4nc3s2)cc1. The molecule has 0 aliphatic rings. The molecular weight excluding hydrogens is 308 g/mol. The fourth-order valence-corrected chi connectivity index (χ4v) is 3.27. The lowest BCUT2D eigenvalue weighted by Crippen LogP contribution is -2.15. The molecule has 0 unspecified atom stereocenters. The predicted molar refractivity (Wildman–Crippen MR) is 93.7 cm³/mol. The Bertz CT molecular complexity index is 1050. The first-order valence-electron chi connectivity index (χ1n) is 7.39. The maximum atomic E-state index is 12.5. The Balaban J connectivity index is 1.77. The van der Waals surface area contributed by atoms with Crippen LogP contribution in [0.3, 0.4) is 0 Å². The summed E-state index contributed by atoms with van der Waals surface area (Å²) in [5, 5.41) is 8.81. The average molecular weight is 322 g/mol. The Morgan fingerprint density at radius 3 is 2.70 bits per heavy atom. The number of nitrogens with zero attached hydrogens (tertiary/aromatic N) is 3. The molecule has 114 valence electrons. The second-order valence-electron chi connectivity index (χ2n) is 5.21. The minimum Gasteiger partial charge on any atom is -0.330 e. The summed E-state index contributed by atoms with van der Waals surface area (Å²) in [5.74, 6) is 0. The molecule has 0 fully saturated rings. The number of nitrogens with one attached hydrogen (secondary N) is 1. The van der Waals surface area contributed by atoms with Crippen molar-refractivity contribution < 1.29 is 0 Å². The van der Waals surface area contributed by atoms with Crippen LogP contribution in [0.2, 0.25) is 0 Å². The van der Waals surface area contributed by atoms with Crippen molar-refractivity contribution >= 4 is 38.0 Å². The Hall–Kier alpha value is -2.73. The Morgan fingerprint density at radius 1 is 1.13 bits per heavy atom. The number of para-hydroxylation sites is 1. The molecule has 0 atom stereocenters. The van der Waals surface area contributed by atoms with Gasteiger partial charge in [-0.25, -0.2) is 4.98 Å². The molecule has 1 N–H and O–H groups in total. The van der Waals surface area contributed by atoms with E-state index in [1.54, 1.807) is 6.07 Å². The van der Waals surface area contributed by atoms with Crippen LogP contribution in [0, 0.1) is 0 Å². The number of fused-ring (bicyclic) bond motifs is 2. The van der Waals surface area contributed by atoms with E-state index in [0.717, 1.165) is 12.1 Å². The highest BCUT2D eigenvalue weighted by Gasteiger charge is 2.10. The summed E-state index contributed by atoms with van der Waals surface area (Å²) < 4.78 is 1.36. The van der Waals surface area contributed by atoms with Crippen molar-refractivity contribution in [3.8, 4) is 0 Å². The van der Waals surface area contributed by atoms with Crippen LogP contribution >= 0.6 is 11.3 Å². The number of hydrogen-bond donors (Lipinski definition) is 1. The molecule has 0 aliphatic carbocycles. The summed E-state index contributed by atoms with van der Waals surface area (Å²) in [6.07, 6.45) is 1.01. The lowest BCUT2D eigenvalue weighted by molar-refractivity contribution is 0.919. The third kappa shape index (κ3) is 2.47. The van der Waals surface area contributed by atoms with E-state index in [-0.39, 0.29) is 5.56 Å². The maximum absolute atomic E-state index is 12.5. The lowest BCUT2D eigenvalue weighted by Gasteiger charge is -2.02. The van der Waals surface area contributed by atoms with E-state index in [2.05, 4.69) is 34.5 Å². The molecule has 2 aromatic carbocycles. The molecule has 0 saturated heterocycles. The summed E-state index contributed by atoms with van der Waals surface area (Å²) in [6.45, 7) is 2.12. The van der Waals surface area contributed by atoms with Gasteiger partial charge in [-0.1, -0.05) is 42.5 Å². The summed E-state index contributed by atoms with van der Waals surface area (Å²) in [6, 6.07) is 15.5. The van der Waals surface area contributed by atoms with Gasteiger partial charge < -0.3 is 5.32 Å². The van der Waals surface area contributed by atoms with Crippen molar-refractivity contribution in [1.82, 2.24) is 14.6 Å². The summed E-state index contributed by atoms with van der Waals surface area (Å²) in [7, 11) is 0. The van der Waals surface area contributed by atoms with E-state index < -0.39 is 0 Å². The van der Waals surface area contributed by atoms with Gasteiger partial charge in [0.1, 0.15) is 0 Å². The van der Waals surface area contributed by atoms with Gasteiger partial charge in [-0.3, -0.25) is 4.79 Å². The van der Waals surface area contributed by atoms with Gasteiger partial charge in [0, 0.05) is 5.69 Å². The van der Waals surface area contributed by atoms with Crippen LogP contribution < -0.4 is 10.9 Å². The van der Waals surface area contributed by atoms with Gasteiger partial charge >= 0.3 is 0 Å². The van der Waals surface area contributed by atoms with Crippen LogP contribution in [-0.4, -0.2) is 14.6 Å². The fourth-order valence-electron chi connectivity index (χ4n) is 2.45. The Labute approximate surface area is 136 Å². The first-order valence-corrected chi connectivity index (χ1v) is 8.21. The van der Waals surface area contributed by atoms with E-state index in [1.165, 1.54) is 21.4 Å². The highest BCUT2D eigenvalue weighted by atomic mass is 32.1. The molecule has 0 aliphatic heterocycles. The van der Waals surface area contributed by atoms with Gasteiger partial charge in [-0.05, 0) is 36.2 Å². The molecular formula is C17H14N4OS. The van der Waals surface area contributed by atoms with Crippen LogP contribution in [0.5, 0.6) is 0 Å². The van der Waals surface area contributed by atoms with Crippen molar-refractivity contribution in [3.05, 3.63) is 64.4 Å². The van der Waals surface area contributed by atoms with Gasteiger partial charge in [0.2, 0.25) is 10.1 Å². The van der Waals surface area contributed by atoms with Crippen molar-refractivity contribution in [2.24, 2.45) is 0 Å². The van der Waals surface area contributed by atoms with Crippen LogP contribution in [0.15, 0.2) is 53.3 Å². The fraction of sp³-hybridized carbons (Fsp3) is 0.118. The quantitative estimate of drug-likeness (QED) is 0.626. The summed E-state index contributed by atoms with van der Waals surface area (Å²) >= 11 is 1.36. The number of rotatable bonds is 3. The summed E-state index contributed by atoms with van der Waals surface area (Å²) in [4.78, 5) is 17.6. The monoisotopic (exact) mass is 322 g/mol. The first kappa shape index (κ1) is 13.9. The van der Waals surface area contributed by atoms with E-state index in [9.17, 15) is 4.79 Å². The molecule has 0 saturated carbocycles. The van der Waals surface area contributed by atoms with Crippen LogP contribution in [0.4, 0.5) is 10.8 Å². The number of hydrogen-bond acceptors (Lipinski definition) is 5. The molecule has 6 heteroatoms. The van der Waals surface area contributed by atoms with E-state index in [1.807, 2.05) is 30.3 Å². The number of aryl methyl sites for hydroxylation is 1. The van der Waals surface area contributed by atoms with Crippen LogP contribution in [0.1, 0.15) is 12.5 Å². The van der Waals surface area contributed by atoms with Gasteiger partial charge in [-0.2, -0.15) is 4.52 Å². The first-order chi connectivity index (χ1) is 11.2. The lowest BCUT2D eigenvalue weighted by atomic mass is 10.1. The minimum atomic E-state index is -0.142. The second kappa shape index (κ2) is 5.48.